The van der Waals surface area contributed by atoms with Crippen molar-refractivity contribution in [3.05, 3.63) is 44.8 Å². The van der Waals surface area contributed by atoms with Crippen LogP contribution in [-0.2, 0) is 0 Å². The van der Waals surface area contributed by atoms with E-state index in [1.807, 2.05) is 24.3 Å². The molecule has 0 bridgehead atoms. The van der Waals surface area contributed by atoms with Gasteiger partial charge in [-0.05, 0) is 40.9 Å². The zero-order valence-corrected chi connectivity index (χ0v) is 13.7. The molecular weight excluding hydrogens is 350 g/mol. The minimum atomic E-state index is -0.0454. The Morgan fingerprint density at radius 3 is 2.81 bits per heavy atom. The van der Waals surface area contributed by atoms with Crippen molar-refractivity contribution in [1.29, 1.82) is 0 Å². The molecule has 1 saturated carbocycles. The van der Waals surface area contributed by atoms with Crippen LogP contribution in [-0.4, -0.2) is 14.8 Å². The Morgan fingerprint density at radius 2 is 2.05 bits per heavy atom. The highest BCUT2D eigenvalue weighted by Gasteiger charge is 2.24. The summed E-state index contributed by atoms with van der Waals surface area (Å²) in [5.74, 6) is 0.461. The molecule has 1 aromatic carbocycles. The molecule has 4 rings (SSSR count). The number of aromatic nitrogens is 3. The quantitative estimate of drug-likeness (QED) is 0.741. The zero-order valence-electron chi connectivity index (χ0n) is 11.3. The maximum atomic E-state index is 12.5. The molecule has 1 N–H and O–H groups in total. The number of H-pyrrole nitrogens is 1. The van der Waals surface area contributed by atoms with Crippen molar-refractivity contribution >= 4 is 37.5 Å². The first-order chi connectivity index (χ1) is 10.2. The summed E-state index contributed by atoms with van der Waals surface area (Å²) in [5, 5.41) is 3.97. The molecule has 1 fully saturated rings. The molecule has 0 amide bonds. The Hall–Kier alpha value is -1.40. The predicted octanol–water partition coefficient (Wildman–Crippen LogP) is 4.20. The second-order valence-corrected chi connectivity index (χ2v) is 7.23. The molecule has 3 aromatic rings. The normalized spacial score (nSPS) is 16.0. The summed E-state index contributed by atoms with van der Waals surface area (Å²) in [7, 11) is 0. The second kappa shape index (κ2) is 5.10. The molecule has 2 heterocycles. The van der Waals surface area contributed by atoms with Gasteiger partial charge >= 0.3 is 0 Å². The molecule has 21 heavy (non-hydrogen) atoms. The Kier molecular flexibility index (Phi) is 3.23. The average Bonchev–Trinajstić information content (AvgIpc) is 3.19. The van der Waals surface area contributed by atoms with Gasteiger partial charge in [0.25, 0.3) is 5.56 Å². The fourth-order valence-electron chi connectivity index (χ4n) is 3.01. The molecular formula is C15H14BrN3OS. The fourth-order valence-corrected chi connectivity index (χ4v) is 4.52. The molecule has 0 unspecified atom stereocenters. The maximum Gasteiger partial charge on any atom is 0.287 e. The van der Waals surface area contributed by atoms with Crippen molar-refractivity contribution in [3.8, 4) is 5.13 Å². The molecule has 0 radical (unpaired) electrons. The Labute approximate surface area is 133 Å². The third-order valence-corrected chi connectivity index (χ3v) is 5.88. The number of thiazole rings is 1. The van der Waals surface area contributed by atoms with Crippen molar-refractivity contribution in [1.82, 2.24) is 14.8 Å². The number of rotatable bonds is 2. The van der Waals surface area contributed by atoms with Crippen LogP contribution < -0.4 is 5.56 Å². The van der Waals surface area contributed by atoms with Gasteiger partial charge in [0.1, 0.15) is 4.47 Å². The van der Waals surface area contributed by atoms with Gasteiger partial charge in [0.05, 0.1) is 15.9 Å². The molecule has 0 spiro atoms. The van der Waals surface area contributed by atoms with Crippen LogP contribution in [0.5, 0.6) is 0 Å². The van der Waals surface area contributed by atoms with E-state index in [0.717, 1.165) is 28.8 Å². The standard InChI is InChI=1S/C15H14BrN3OS/c16-12-13(9-5-1-2-6-9)18-19(14(12)20)15-17-10-7-3-4-8-11(10)21-15/h3-4,7-9,18H,1-2,5-6H2. The highest BCUT2D eigenvalue weighted by molar-refractivity contribution is 9.10. The monoisotopic (exact) mass is 363 g/mol. The van der Waals surface area contributed by atoms with Crippen LogP contribution in [0.2, 0.25) is 0 Å². The Balaban J connectivity index is 1.84. The molecule has 0 atom stereocenters. The van der Waals surface area contributed by atoms with Gasteiger partial charge in [-0.2, -0.15) is 4.68 Å². The zero-order chi connectivity index (χ0) is 14.4. The smallest absolute Gasteiger partial charge is 0.287 e. The molecule has 1 aliphatic carbocycles. The number of para-hydroxylation sites is 1. The summed E-state index contributed by atoms with van der Waals surface area (Å²) in [5.41, 5.74) is 1.91. The van der Waals surface area contributed by atoms with E-state index in [1.165, 1.54) is 24.2 Å². The van der Waals surface area contributed by atoms with E-state index in [-0.39, 0.29) is 5.56 Å². The number of nitrogens with zero attached hydrogens (tertiary/aromatic N) is 2. The lowest BCUT2D eigenvalue weighted by Gasteiger charge is -2.05. The molecule has 2 aromatic heterocycles. The van der Waals surface area contributed by atoms with Crippen LogP contribution in [0.4, 0.5) is 0 Å². The van der Waals surface area contributed by atoms with E-state index < -0.39 is 0 Å². The van der Waals surface area contributed by atoms with Gasteiger partial charge < -0.3 is 0 Å². The van der Waals surface area contributed by atoms with Gasteiger partial charge in [0.15, 0.2) is 0 Å². The molecule has 108 valence electrons. The van der Waals surface area contributed by atoms with Crippen molar-refractivity contribution in [3.63, 3.8) is 0 Å². The van der Waals surface area contributed by atoms with E-state index in [9.17, 15) is 4.79 Å². The SMILES string of the molecule is O=c1c(Br)c(C2CCCC2)[nH]n1-c1nc2ccccc2s1. The largest absolute Gasteiger partial charge is 0.291 e. The lowest BCUT2D eigenvalue weighted by atomic mass is 10.1. The summed E-state index contributed by atoms with van der Waals surface area (Å²) >= 11 is 4.99. The van der Waals surface area contributed by atoms with E-state index >= 15 is 0 Å². The summed E-state index contributed by atoms with van der Waals surface area (Å²) in [4.78, 5) is 17.0. The molecule has 0 saturated heterocycles. The Morgan fingerprint density at radius 1 is 1.29 bits per heavy atom. The van der Waals surface area contributed by atoms with Crippen molar-refractivity contribution in [2.45, 2.75) is 31.6 Å². The summed E-state index contributed by atoms with van der Waals surface area (Å²) in [6.45, 7) is 0. The van der Waals surface area contributed by atoms with Gasteiger partial charge in [-0.25, -0.2) is 4.98 Å². The first kappa shape index (κ1) is 13.3. The lowest BCUT2D eigenvalue weighted by Crippen LogP contribution is -2.14. The molecule has 0 aliphatic heterocycles. The second-order valence-electron chi connectivity index (χ2n) is 5.43. The molecule has 6 heteroatoms. The highest BCUT2D eigenvalue weighted by Crippen LogP contribution is 2.36. The molecule has 1 aliphatic rings. The van der Waals surface area contributed by atoms with Crippen molar-refractivity contribution in [2.75, 3.05) is 0 Å². The minimum Gasteiger partial charge on any atom is -0.291 e. The summed E-state index contributed by atoms with van der Waals surface area (Å²) in [6, 6.07) is 7.94. The number of fused-ring (bicyclic) bond motifs is 1. The average molecular weight is 364 g/mol. The number of benzene rings is 1. The highest BCUT2D eigenvalue weighted by atomic mass is 79.9. The lowest BCUT2D eigenvalue weighted by molar-refractivity contribution is 0.674. The minimum absolute atomic E-state index is 0.0454. The van der Waals surface area contributed by atoms with E-state index in [4.69, 9.17) is 0 Å². The van der Waals surface area contributed by atoms with E-state index in [1.54, 1.807) is 4.68 Å². The van der Waals surface area contributed by atoms with Crippen molar-refractivity contribution in [2.24, 2.45) is 0 Å². The van der Waals surface area contributed by atoms with Gasteiger partial charge in [-0.15, -0.1) is 0 Å². The summed E-state index contributed by atoms with van der Waals surface area (Å²) in [6.07, 6.45) is 4.79. The third kappa shape index (κ3) is 2.17. The predicted molar refractivity (Wildman–Crippen MR) is 88.5 cm³/mol. The van der Waals surface area contributed by atoms with Crippen LogP contribution in [0.1, 0.15) is 37.3 Å². The maximum absolute atomic E-state index is 12.5. The first-order valence-electron chi connectivity index (χ1n) is 7.10. The van der Waals surface area contributed by atoms with Crippen LogP contribution in [0.25, 0.3) is 15.3 Å². The molecule has 4 nitrogen and oxygen atoms in total. The number of hydrogen-bond donors (Lipinski definition) is 1. The van der Waals surface area contributed by atoms with Crippen LogP contribution in [0, 0.1) is 0 Å². The Bertz CT molecular complexity index is 824. The van der Waals surface area contributed by atoms with E-state index in [2.05, 4.69) is 26.0 Å². The van der Waals surface area contributed by atoms with E-state index in [0.29, 0.717) is 15.5 Å². The van der Waals surface area contributed by atoms with Crippen LogP contribution in [0.3, 0.4) is 0 Å². The van der Waals surface area contributed by atoms with Crippen molar-refractivity contribution < 1.29 is 0 Å². The summed E-state index contributed by atoms with van der Waals surface area (Å²) < 4.78 is 3.32. The number of nitrogens with one attached hydrogen (secondary N) is 1. The fraction of sp³-hybridized carbons (Fsp3) is 0.333. The number of aromatic amines is 1. The van der Waals surface area contributed by atoms with Crippen LogP contribution >= 0.6 is 27.3 Å². The van der Waals surface area contributed by atoms with Gasteiger partial charge in [0.2, 0.25) is 5.13 Å². The van der Waals surface area contributed by atoms with Gasteiger partial charge in [-0.1, -0.05) is 36.3 Å². The van der Waals surface area contributed by atoms with Gasteiger partial charge in [-0.3, -0.25) is 9.89 Å². The third-order valence-electron chi connectivity index (χ3n) is 4.10. The topological polar surface area (TPSA) is 50.7 Å². The van der Waals surface area contributed by atoms with Crippen LogP contribution in [0.15, 0.2) is 33.5 Å². The number of halogens is 1. The van der Waals surface area contributed by atoms with Gasteiger partial charge in [0, 0.05) is 5.92 Å². The first-order valence-corrected chi connectivity index (χ1v) is 8.71. The number of hydrogen-bond acceptors (Lipinski definition) is 3.